The Bertz CT molecular complexity index is 429. The van der Waals surface area contributed by atoms with Crippen molar-refractivity contribution in [2.75, 3.05) is 26.4 Å². The Hall–Kier alpha value is -1.19. The van der Waals surface area contributed by atoms with Crippen LogP contribution in [0.25, 0.3) is 0 Å². The van der Waals surface area contributed by atoms with Crippen molar-refractivity contribution in [2.24, 2.45) is 5.92 Å². The largest absolute Gasteiger partial charge is 0.381 e. The molecule has 2 heterocycles. The lowest BCUT2D eigenvalue weighted by atomic mass is 9.67. The van der Waals surface area contributed by atoms with E-state index in [1.54, 1.807) is 0 Å². The van der Waals surface area contributed by atoms with Gasteiger partial charge in [0.1, 0.15) is 5.78 Å². The predicted molar refractivity (Wildman–Crippen MR) is 72.1 cm³/mol. The summed E-state index contributed by atoms with van der Waals surface area (Å²) < 4.78 is 10.9. The van der Waals surface area contributed by atoms with Crippen molar-refractivity contribution in [1.82, 2.24) is 0 Å². The van der Waals surface area contributed by atoms with E-state index in [-0.39, 0.29) is 11.3 Å². The fraction of sp³-hybridized carbons (Fsp3) is 0.562. The van der Waals surface area contributed by atoms with E-state index in [4.69, 9.17) is 9.47 Å². The van der Waals surface area contributed by atoms with E-state index in [9.17, 15) is 4.79 Å². The summed E-state index contributed by atoms with van der Waals surface area (Å²) in [5, 5.41) is 0. The van der Waals surface area contributed by atoms with Crippen LogP contribution in [0.1, 0.15) is 24.8 Å². The Balaban J connectivity index is 1.94. The van der Waals surface area contributed by atoms with E-state index in [0.29, 0.717) is 25.6 Å². The van der Waals surface area contributed by atoms with Gasteiger partial charge in [-0.15, -0.1) is 0 Å². The Morgan fingerprint density at radius 1 is 1.05 bits per heavy atom. The third kappa shape index (κ3) is 2.33. The molecule has 19 heavy (non-hydrogen) atoms. The van der Waals surface area contributed by atoms with Crippen molar-refractivity contribution in [3.8, 4) is 0 Å². The molecular formula is C16H20O3. The summed E-state index contributed by atoms with van der Waals surface area (Å²) in [6.07, 6.45) is 2.47. The van der Waals surface area contributed by atoms with Gasteiger partial charge in [0, 0.05) is 25.7 Å². The van der Waals surface area contributed by atoms with E-state index in [2.05, 4.69) is 12.1 Å². The van der Waals surface area contributed by atoms with Gasteiger partial charge in [-0.3, -0.25) is 4.79 Å². The minimum absolute atomic E-state index is 0.0679. The topological polar surface area (TPSA) is 35.5 Å². The molecule has 0 amide bonds. The number of ketones is 1. The van der Waals surface area contributed by atoms with Crippen LogP contribution in [-0.2, 0) is 19.7 Å². The molecule has 0 spiro atoms. The summed E-state index contributed by atoms with van der Waals surface area (Å²) in [4.78, 5) is 13.0. The lowest BCUT2D eigenvalue weighted by Gasteiger charge is -2.37. The maximum Gasteiger partial charge on any atom is 0.149 e. The summed E-state index contributed by atoms with van der Waals surface area (Å²) in [7, 11) is 0. The molecule has 3 rings (SSSR count). The fourth-order valence-corrected chi connectivity index (χ4v) is 3.29. The zero-order chi connectivity index (χ0) is 13.1. The highest BCUT2D eigenvalue weighted by Crippen LogP contribution is 2.39. The minimum atomic E-state index is -0.349. The van der Waals surface area contributed by atoms with Crippen molar-refractivity contribution in [1.29, 1.82) is 0 Å². The molecule has 2 saturated heterocycles. The van der Waals surface area contributed by atoms with Crippen LogP contribution >= 0.6 is 0 Å². The summed E-state index contributed by atoms with van der Waals surface area (Å²) in [5.74, 6) is 0.429. The highest BCUT2D eigenvalue weighted by molar-refractivity contribution is 5.92. The van der Waals surface area contributed by atoms with E-state index in [0.717, 1.165) is 31.4 Å². The maximum atomic E-state index is 13.0. The number of ether oxygens (including phenoxy) is 2. The highest BCUT2D eigenvalue weighted by Gasteiger charge is 2.45. The standard InChI is InChI=1S/C16H20O3/c17-15(13-6-9-19-12-13)16(7-10-18-11-8-16)14-4-2-1-3-5-14/h1-5,13H,6-12H2. The summed E-state index contributed by atoms with van der Waals surface area (Å²) in [6, 6.07) is 10.2. The fourth-order valence-electron chi connectivity index (χ4n) is 3.29. The lowest BCUT2D eigenvalue weighted by Crippen LogP contribution is -2.44. The van der Waals surface area contributed by atoms with Gasteiger partial charge >= 0.3 is 0 Å². The highest BCUT2D eigenvalue weighted by atomic mass is 16.5. The SMILES string of the molecule is O=C(C1CCOC1)C1(c2ccccc2)CCOCC1. The summed E-state index contributed by atoms with van der Waals surface area (Å²) in [6.45, 7) is 2.66. The van der Waals surface area contributed by atoms with E-state index in [1.165, 1.54) is 0 Å². The molecule has 0 saturated carbocycles. The van der Waals surface area contributed by atoms with Crippen LogP contribution in [0.3, 0.4) is 0 Å². The van der Waals surface area contributed by atoms with Crippen LogP contribution in [0.5, 0.6) is 0 Å². The maximum absolute atomic E-state index is 13.0. The molecule has 1 unspecified atom stereocenters. The minimum Gasteiger partial charge on any atom is -0.381 e. The van der Waals surface area contributed by atoms with Crippen molar-refractivity contribution in [3.05, 3.63) is 35.9 Å². The van der Waals surface area contributed by atoms with Crippen LogP contribution in [0.4, 0.5) is 0 Å². The number of hydrogen-bond acceptors (Lipinski definition) is 3. The van der Waals surface area contributed by atoms with Gasteiger partial charge in [-0.1, -0.05) is 30.3 Å². The second-order valence-electron chi connectivity index (χ2n) is 5.49. The third-order valence-corrected chi connectivity index (χ3v) is 4.44. The smallest absolute Gasteiger partial charge is 0.149 e. The van der Waals surface area contributed by atoms with Crippen LogP contribution in [0, 0.1) is 5.92 Å². The first-order valence-corrected chi connectivity index (χ1v) is 7.08. The van der Waals surface area contributed by atoms with Crippen LogP contribution in [0.15, 0.2) is 30.3 Å². The Kier molecular flexibility index (Phi) is 3.67. The van der Waals surface area contributed by atoms with Crippen LogP contribution in [-0.4, -0.2) is 32.2 Å². The first-order valence-electron chi connectivity index (χ1n) is 7.08. The molecule has 1 atom stereocenters. The average molecular weight is 260 g/mol. The van der Waals surface area contributed by atoms with Crippen molar-refractivity contribution in [3.63, 3.8) is 0 Å². The molecule has 3 heteroatoms. The molecule has 2 aliphatic heterocycles. The van der Waals surface area contributed by atoms with Gasteiger partial charge in [0.2, 0.25) is 0 Å². The van der Waals surface area contributed by atoms with Crippen molar-refractivity contribution in [2.45, 2.75) is 24.7 Å². The molecule has 0 radical (unpaired) electrons. The second kappa shape index (κ2) is 5.43. The second-order valence-corrected chi connectivity index (χ2v) is 5.49. The van der Waals surface area contributed by atoms with Gasteiger partial charge in [-0.2, -0.15) is 0 Å². The number of carbonyl (C=O) groups excluding carboxylic acids is 1. The van der Waals surface area contributed by atoms with Gasteiger partial charge in [-0.05, 0) is 24.8 Å². The van der Waals surface area contributed by atoms with Gasteiger partial charge in [0.05, 0.1) is 12.0 Å². The number of rotatable bonds is 3. The molecular weight excluding hydrogens is 240 g/mol. The quantitative estimate of drug-likeness (QED) is 0.837. The molecule has 0 aliphatic carbocycles. The van der Waals surface area contributed by atoms with Crippen molar-refractivity contribution < 1.29 is 14.3 Å². The van der Waals surface area contributed by atoms with Gasteiger partial charge in [0.15, 0.2) is 0 Å². The van der Waals surface area contributed by atoms with E-state index >= 15 is 0 Å². The average Bonchev–Trinajstić information content (AvgIpc) is 3.02. The monoisotopic (exact) mass is 260 g/mol. The molecule has 1 aromatic carbocycles. The Morgan fingerprint density at radius 3 is 2.42 bits per heavy atom. The zero-order valence-electron chi connectivity index (χ0n) is 11.1. The first kappa shape index (κ1) is 12.8. The normalized spacial score (nSPS) is 26.2. The summed E-state index contributed by atoms with van der Waals surface area (Å²) in [5.41, 5.74) is 0.799. The molecule has 2 fully saturated rings. The Morgan fingerprint density at radius 2 is 1.79 bits per heavy atom. The molecule has 1 aromatic rings. The molecule has 0 aromatic heterocycles. The van der Waals surface area contributed by atoms with Crippen molar-refractivity contribution >= 4 is 5.78 Å². The van der Waals surface area contributed by atoms with Gasteiger partial charge in [-0.25, -0.2) is 0 Å². The van der Waals surface area contributed by atoms with Gasteiger partial charge < -0.3 is 9.47 Å². The molecule has 102 valence electrons. The van der Waals surface area contributed by atoms with E-state index in [1.807, 2.05) is 18.2 Å². The third-order valence-electron chi connectivity index (χ3n) is 4.44. The number of benzene rings is 1. The van der Waals surface area contributed by atoms with Gasteiger partial charge in [0.25, 0.3) is 0 Å². The Labute approximate surface area is 113 Å². The number of Topliss-reactive ketones (excluding diaryl/α,β-unsaturated/α-hetero) is 1. The number of hydrogen-bond donors (Lipinski definition) is 0. The molecule has 0 bridgehead atoms. The zero-order valence-corrected chi connectivity index (χ0v) is 11.1. The number of carbonyl (C=O) groups is 1. The van der Waals surface area contributed by atoms with Crippen LogP contribution in [0.2, 0.25) is 0 Å². The molecule has 2 aliphatic rings. The molecule has 3 nitrogen and oxygen atoms in total. The first-order chi connectivity index (χ1) is 9.33. The lowest BCUT2D eigenvalue weighted by molar-refractivity contribution is -0.132. The molecule has 0 N–H and O–H groups in total. The van der Waals surface area contributed by atoms with E-state index < -0.39 is 0 Å². The summed E-state index contributed by atoms with van der Waals surface area (Å²) >= 11 is 0. The predicted octanol–water partition coefficient (Wildman–Crippen LogP) is 2.34. The van der Waals surface area contributed by atoms with Crippen LogP contribution < -0.4 is 0 Å².